The molecule has 1 heterocycles. The second kappa shape index (κ2) is 10.5. The molecule has 186 valence electrons. The number of likely N-dealkylation sites (tertiary alicyclic amines) is 1. The van der Waals surface area contributed by atoms with Crippen LogP contribution in [0.4, 0.5) is 0 Å². The predicted octanol–water partition coefficient (Wildman–Crippen LogP) is 6.25. The summed E-state index contributed by atoms with van der Waals surface area (Å²) in [6.45, 7) is 9.61. The van der Waals surface area contributed by atoms with Crippen LogP contribution in [0, 0.1) is 28.6 Å². The van der Waals surface area contributed by atoms with Crippen molar-refractivity contribution < 1.29 is 9.59 Å². The first-order valence-electron chi connectivity index (χ1n) is 14.0. The van der Waals surface area contributed by atoms with Crippen molar-refractivity contribution in [3.8, 4) is 0 Å². The van der Waals surface area contributed by atoms with Crippen LogP contribution in [0.5, 0.6) is 0 Å². The summed E-state index contributed by atoms with van der Waals surface area (Å²) < 4.78 is 0. The number of nitrogens with zero attached hydrogens (tertiary/aromatic N) is 1. The quantitative estimate of drug-likeness (QED) is 0.497. The maximum Gasteiger partial charge on any atom is 0.243 e. The van der Waals surface area contributed by atoms with Gasteiger partial charge in [-0.1, -0.05) is 26.3 Å². The zero-order valence-electron chi connectivity index (χ0n) is 21.6. The Morgan fingerprint density at radius 2 is 1.67 bits per heavy atom. The summed E-state index contributed by atoms with van der Waals surface area (Å²) >= 11 is 0. The number of nitrogens with one attached hydrogen (secondary N) is 1. The molecule has 3 saturated carbocycles. The van der Waals surface area contributed by atoms with Gasteiger partial charge in [-0.15, -0.1) is 0 Å². The van der Waals surface area contributed by atoms with Gasteiger partial charge in [0.2, 0.25) is 11.8 Å². The Labute approximate surface area is 202 Å². The number of carbonyl (C=O) groups excluding carboxylic acids is 2. The molecule has 0 aromatic heterocycles. The van der Waals surface area contributed by atoms with Gasteiger partial charge >= 0.3 is 0 Å². The van der Waals surface area contributed by atoms with E-state index in [1.165, 1.54) is 50.5 Å². The van der Waals surface area contributed by atoms with Crippen LogP contribution in [0.2, 0.25) is 0 Å². The Balaban J connectivity index is 1.13. The average molecular weight is 457 g/mol. The first-order valence-corrected chi connectivity index (χ1v) is 14.0. The maximum atomic E-state index is 13.1. The highest BCUT2D eigenvalue weighted by Gasteiger charge is 2.46. The molecule has 4 fully saturated rings. The smallest absolute Gasteiger partial charge is 0.243 e. The van der Waals surface area contributed by atoms with Crippen LogP contribution in [-0.4, -0.2) is 36.3 Å². The van der Waals surface area contributed by atoms with Gasteiger partial charge in [0.15, 0.2) is 0 Å². The maximum absolute atomic E-state index is 13.1. The molecule has 4 heteroatoms. The first-order chi connectivity index (χ1) is 15.7. The van der Waals surface area contributed by atoms with Gasteiger partial charge in [0.1, 0.15) is 0 Å². The highest BCUT2D eigenvalue weighted by Crippen LogP contribution is 2.57. The van der Waals surface area contributed by atoms with Crippen LogP contribution in [0.3, 0.4) is 0 Å². The highest BCUT2D eigenvalue weighted by molar-refractivity contribution is 5.88. The van der Waals surface area contributed by atoms with E-state index in [9.17, 15) is 9.59 Å². The minimum Gasteiger partial charge on any atom is -0.353 e. The molecule has 1 N–H and O–H groups in total. The Bertz CT molecular complexity index is 710. The molecule has 2 amide bonds. The molecule has 0 bridgehead atoms. The zero-order valence-corrected chi connectivity index (χ0v) is 21.6. The Kier molecular flexibility index (Phi) is 7.91. The summed E-state index contributed by atoms with van der Waals surface area (Å²) in [5, 5.41) is 3.14. The zero-order chi connectivity index (χ0) is 23.5. The van der Waals surface area contributed by atoms with E-state index >= 15 is 0 Å². The van der Waals surface area contributed by atoms with Gasteiger partial charge in [-0.05, 0) is 113 Å². The fourth-order valence-corrected chi connectivity index (χ4v) is 6.72. The van der Waals surface area contributed by atoms with Crippen LogP contribution in [0.25, 0.3) is 0 Å². The Hall–Kier alpha value is -1.32. The van der Waals surface area contributed by atoms with Gasteiger partial charge < -0.3 is 10.2 Å². The van der Waals surface area contributed by atoms with Crippen molar-refractivity contribution in [1.82, 2.24) is 10.2 Å². The van der Waals surface area contributed by atoms with Crippen molar-refractivity contribution in [2.75, 3.05) is 19.6 Å². The molecule has 4 nitrogen and oxygen atoms in total. The van der Waals surface area contributed by atoms with E-state index in [0.717, 1.165) is 70.5 Å². The molecule has 33 heavy (non-hydrogen) atoms. The molecule has 3 aliphatic carbocycles. The molecule has 1 spiro atoms. The van der Waals surface area contributed by atoms with Gasteiger partial charge in [0.25, 0.3) is 0 Å². The van der Waals surface area contributed by atoms with Crippen LogP contribution < -0.4 is 5.32 Å². The average Bonchev–Trinajstić information content (AvgIpc) is 3.57. The lowest BCUT2D eigenvalue weighted by Crippen LogP contribution is -2.38. The van der Waals surface area contributed by atoms with Crippen molar-refractivity contribution >= 4 is 11.8 Å². The first kappa shape index (κ1) is 24.8. The van der Waals surface area contributed by atoms with E-state index in [1.54, 1.807) is 0 Å². The third kappa shape index (κ3) is 6.85. The lowest BCUT2D eigenvalue weighted by molar-refractivity contribution is -0.137. The van der Waals surface area contributed by atoms with Crippen LogP contribution in [0.1, 0.15) is 111 Å². The van der Waals surface area contributed by atoms with Crippen LogP contribution in [-0.2, 0) is 9.59 Å². The second-order valence-electron chi connectivity index (χ2n) is 12.9. The van der Waals surface area contributed by atoms with Gasteiger partial charge in [-0.2, -0.15) is 0 Å². The van der Waals surface area contributed by atoms with Crippen molar-refractivity contribution in [2.45, 2.75) is 111 Å². The van der Waals surface area contributed by atoms with E-state index in [-0.39, 0.29) is 5.91 Å². The fraction of sp³-hybridized carbons (Fsp3) is 0.862. The SMILES string of the molecule is CC(C)(C)C1CCC(=CC(=O)NCCC2CCCN(C(=O)C3CCC4(CC3)CC4)CC2)CC1. The Morgan fingerprint density at radius 3 is 2.30 bits per heavy atom. The highest BCUT2D eigenvalue weighted by atomic mass is 16.2. The number of hydrogen-bond donors (Lipinski definition) is 1. The summed E-state index contributed by atoms with van der Waals surface area (Å²) in [5.41, 5.74) is 2.36. The Morgan fingerprint density at radius 1 is 0.970 bits per heavy atom. The molecule has 4 rings (SSSR count). The van der Waals surface area contributed by atoms with Gasteiger partial charge in [0, 0.05) is 31.6 Å². The summed E-state index contributed by atoms with van der Waals surface area (Å²) in [6.07, 6.45) is 18.5. The van der Waals surface area contributed by atoms with E-state index in [2.05, 4.69) is 31.0 Å². The number of allylic oxidation sites excluding steroid dienone is 1. The van der Waals surface area contributed by atoms with E-state index < -0.39 is 0 Å². The monoisotopic (exact) mass is 456 g/mol. The summed E-state index contributed by atoms with van der Waals surface area (Å²) in [5.74, 6) is 2.22. The number of hydrogen-bond acceptors (Lipinski definition) is 2. The molecule has 1 saturated heterocycles. The molecule has 1 aliphatic heterocycles. The van der Waals surface area contributed by atoms with Crippen molar-refractivity contribution in [3.05, 3.63) is 11.6 Å². The number of amides is 2. The summed E-state index contributed by atoms with van der Waals surface area (Å²) in [6, 6.07) is 0. The normalized spacial score (nSPS) is 28.3. The minimum atomic E-state index is 0.0929. The minimum absolute atomic E-state index is 0.0929. The van der Waals surface area contributed by atoms with E-state index in [1.807, 2.05) is 6.08 Å². The number of rotatable bonds is 5. The van der Waals surface area contributed by atoms with Crippen molar-refractivity contribution in [2.24, 2.45) is 28.6 Å². The van der Waals surface area contributed by atoms with Gasteiger partial charge in [-0.25, -0.2) is 0 Å². The van der Waals surface area contributed by atoms with Crippen LogP contribution in [0.15, 0.2) is 11.6 Å². The van der Waals surface area contributed by atoms with Gasteiger partial charge in [0.05, 0.1) is 0 Å². The molecular weight excluding hydrogens is 408 g/mol. The number of carbonyl (C=O) groups is 2. The fourth-order valence-electron chi connectivity index (χ4n) is 6.72. The predicted molar refractivity (Wildman–Crippen MR) is 135 cm³/mol. The standard InChI is InChI=1S/C29H48N2O2/c1-28(2,3)25-8-6-23(7-9-25)21-26(32)30-18-12-22-5-4-19-31(20-13-22)27(33)24-10-14-29(15-11-24)16-17-29/h21-22,24-25H,4-20H2,1-3H3,(H,30,32). The summed E-state index contributed by atoms with van der Waals surface area (Å²) in [7, 11) is 0. The molecule has 0 radical (unpaired) electrons. The topological polar surface area (TPSA) is 49.4 Å². The molecule has 4 aliphatic rings. The lowest BCUT2D eigenvalue weighted by Gasteiger charge is -2.34. The van der Waals surface area contributed by atoms with Crippen molar-refractivity contribution in [3.63, 3.8) is 0 Å². The molecule has 0 aromatic rings. The van der Waals surface area contributed by atoms with E-state index in [4.69, 9.17) is 0 Å². The molecule has 1 atom stereocenters. The summed E-state index contributed by atoms with van der Waals surface area (Å²) in [4.78, 5) is 27.7. The van der Waals surface area contributed by atoms with Crippen LogP contribution >= 0.6 is 0 Å². The largest absolute Gasteiger partial charge is 0.353 e. The van der Waals surface area contributed by atoms with Gasteiger partial charge in [-0.3, -0.25) is 9.59 Å². The third-order valence-electron chi connectivity index (χ3n) is 9.55. The molecular formula is C29H48N2O2. The van der Waals surface area contributed by atoms with Crippen molar-refractivity contribution in [1.29, 1.82) is 0 Å². The van der Waals surface area contributed by atoms with E-state index in [0.29, 0.717) is 28.6 Å². The second-order valence-corrected chi connectivity index (χ2v) is 12.9. The lowest BCUT2D eigenvalue weighted by atomic mass is 9.71. The third-order valence-corrected chi connectivity index (χ3v) is 9.55. The molecule has 0 aromatic carbocycles. The molecule has 1 unspecified atom stereocenters.